The maximum Gasteiger partial charge on any atom is 0.322 e. The van der Waals surface area contributed by atoms with E-state index in [1.165, 1.54) is 12.1 Å². The second kappa shape index (κ2) is 6.69. The van der Waals surface area contributed by atoms with Gasteiger partial charge in [0.25, 0.3) is 0 Å². The number of methoxy groups -OCH3 is 1. The first-order valence-corrected chi connectivity index (χ1v) is 7.65. The third-order valence-corrected chi connectivity index (χ3v) is 4.10. The SMILES string of the molecule is COc1ccccc1NC(=O)N1CCC[C@H]1c1cccc(F)c1. The van der Waals surface area contributed by atoms with Gasteiger partial charge < -0.3 is 15.0 Å². The quantitative estimate of drug-likeness (QED) is 0.922. The number of anilines is 1. The number of amides is 2. The smallest absolute Gasteiger partial charge is 0.322 e. The van der Waals surface area contributed by atoms with Crippen molar-refractivity contribution in [2.24, 2.45) is 0 Å². The van der Waals surface area contributed by atoms with Crippen LogP contribution in [0.3, 0.4) is 0 Å². The van der Waals surface area contributed by atoms with Crippen LogP contribution in [0.1, 0.15) is 24.4 Å². The topological polar surface area (TPSA) is 41.6 Å². The summed E-state index contributed by atoms with van der Waals surface area (Å²) in [7, 11) is 1.57. The molecule has 1 heterocycles. The molecule has 2 aromatic carbocycles. The number of nitrogens with zero attached hydrogens (tertiary/aromatic N) is 1. The van der Waals surface area contributed by atoms with Gasteiger partial charge in [0.15, 0.2) is 0 Å². The predicted octanol–water partition coefficient (Wildman–Crippen LogP) is 4.20. The third-order valence-electron chi connectivity index (χ3n) is 4.10. The standard InChI is InChI=1S/C18H19FN2O2/c1-23-17-10-3-2-8-15(17)20-18(22)21-11-5-9-16(21)13-6-4-7-14(19)12-13/h2-4,6-8,10,12,16H,5,9,11H2,1H3,(H,20,22)/t16-/m0/s1. The van der Waals surface area contributed by atoms with Crippen LogP contribution in [0, 0.1) is 5.82 Å². The van der Waals surface area contributed by atoms with Crippen LogP contribution in [-0.4, -0.2) is 24.6 Å². The van der Waals surface area contributed by atoms with Gasteiger partial charge in [0.05, 0.1) is 18.8 Å². The summed E-state index contributed by atoms with van der Waals surface area (Å²) >= 11 is 0. The van der Waals surface area contributed by atoms with Gasteiger partial charge in [-0.05, 0) is 42.7 Å². The lowest BCUT2D eigenvalue weighted by Gasteiger charge is -2.25. The average molecular weight is 314 g/mol. The van der Waals surface area contributed by atoms with Crippen molar-refractivity contribution in [1.82, 2.24) is 4.90 Å². The van der Waals surface area contributed by atoms with Crippen LogP contribution in [0.2, 0.25) is 0 Å². The molecule has 0 saturated carbocycles. The zero-order valence-corrected chi connectivity index (χ0v) is 13.0. The van der Waals surface area contributed by atoms with Crippen LogP contribution in [0.5, 0.6) is 5.75 Å². The Morgan fingerprint density at radius 2 is 2.09 bits per heavy atom. The molecular formula is C18H19FN2O2. The molecule has 1 atom stereocenters. The summed E-state index contributed by atoms with van der Waals surface area (Å²) in [5.74, 6) is 0.335. The van der Waals surface area contributed by atoms with E-state index in [-0.39, 0.29) is 17.9 Å². The molecule has 23 heavy (non-hydrogen) atoms. The number of rotatable bonds is 3. The fraction of sp³-hybridized carbons (Fsp3) is 0.278. The molecule has 2 amide bonds. The Balaban J connectivity index is 1.78. The molecule has 5 heteroatoms. The highest BCUT2D eigenvalue weighted by Crippen LogP contribution is 2.33. The molecule has 0 aromatic heterocycles. The highest BCUT2D eigenvalue weighted by Gasteiger charge is 2.30. The van der Waals surface area contributed by atoms with Crippen molar-refractivity contribution in [3.05, 3.63) is 59.9 Å². The number of urea groups is 1. The van der Waals surface area contributed by atoms with Gasteiger partial charge in [-0.3, -0.25) is 0 Å². The number of ether oxygens (including phenoxy) is 1. The van der Waals surface area contributed by atoms with Gasteiger partial charge in [-0.25, -0.2) is 9.18 Å². The van der Waals surface area contributed by atoms with Gasteiger partial charge in [0, 0.05) is 6.54 Å². The molecule has 1 N–H and O–H groups in total. The third kappa shape index (κ3) is 3.28. The van der Waals surface area contributed by atoms with E-state index < -0.39 is 0 Å². The van der Waals surface area contributed by atoms with E-state index in [9.17, 15) is 9.18 Å². The van der Waals surface area contributed by atoms with Crippen LogP contribution < -0.4 is 10.1 Å². The summed E-state index contributed by atoms with van der Waals surface area (Å²) in [6, 6.07) is 13.4. The molecule has 0 radical (unpaired) electrons. The van der Waals surface area contributed by atoms with Gasteiger partial charge in [-0.2, -0.15) is 0 Å². The molecule has 1 fully saturated rings. The summed E-state index contributed by atoms with van der Waals surface area (Å²) in [6.07, 6.45) is 1.74. The number of nitrogens with one attached hydrogen (secondary N) is 1. The van der Waals surface area contributed by atoms with Crippen molar-refractivity contribution < 1.29 is 13.9 Å². The number of carbonyl (C=O) groups excluding carboxylic acids is 1. The Morgan fingerprint density at radius 3 is 2.87 bits per heavy atom. The Labute approximate surface area is 134 Å². The molecular weight excluding hydrogens is 295 g/mol. The summed E-state index contributed by atoms with van der Waals surface area (Å²) in [5.41, 5.74) is 1.46. The van der Waals surface area contributed by atoms with E-state index in [2.05, 4.69) is 5.32 Å². The zero-order valence-electron chi connectivity index (χ0n) is 13.0. The van der Waals surface area contributed by atoms with Gasteiger partial charge in [0.2, 0.25) is 0 Å². The Morgan fingerprint density at radius 1 is 1.26 bits per heavy atom. The number of hydrogen-bond acceptors (Lipinski definition) is 2. The lowest BCUT2D eigenvalue weighted by atomic mass is 10.0. The second-order valence-corrected chi connectivity index (χ2v) is 5.54. The number of carbonyl (C=O) groups is 1. The van der Waals surface area contributed by atoms with Crippen molar-refractivity contribution >= 4 is 11.7 Å². The number of para-hydroxylation sites is 2. The van der Waals surface area contributed by atoms with Crippen molar-refractivity contribution in [2.75, 3.05) is 19.0 Å². The van der Waals surface area contributed by atoms with Gasteiger partial charge in [-0.1, -0.05) is 24.3 Å². The van der Waals surface area contributed by atoms with Crippen molar-refractivity contribution in [3.63, 3.8) is 0 Å². The molecule has 0 bridgehead atoms. The number of benzene rings is 2. The molecule has 0 spiro atoms. The first-order chi connectivity index (χ1) is 11.2. The minimum Gasteiger partial charge on any atom is -0.495 e. The molecule has 120 valence electrons. The Hall–Kier alpha value is -2.56. The zero-order chi connectivity index (χ0) is 16.2. The monoisotopic (exact) mass is 314 g/mol. The van der Waals surface area contributed by atoms with Crippen molar-refractivity contribution in [1.29, 1.82) is 0 Å². The summed E-state index contributed by atoms with van der Waals surface area (Å²) in [4.78, 5) is 14.4. The fourth-order valence-corrected chi connectivity index (χ4v) is 3.01. The van der Waals surface area contributed by atoms with Crippen LogP contribution in [-0.2, 0) is 0 Å². The molecule has 1 aliphatic heterocycles. The molecule has 2 aromatic rings. The van der Waals surface area contributed by atoms with Crippen molar-refractivity contribution in [2.45, 2.75) is 18.9 Å². The van der Waals surface area contributed by atoms with E-state index in [1.807, 2.05) is 18.2 Å². The van der Waals surface area contributed by atoms with E-state index >= 15 is 0 Å². The maximum atomic E-state index is 13.5. The maximum absolute atomic E-state index is 13.5. The molecule has 1 aliphatic rings. The summed E-state index contributed by atoms with van der Waals surface area (Å²) < 4.78 is 18.7. The minimum atomic E-state index is -0.278. The van der Waals surface area contributed by atoms with Crippen LogP contribution in [0.4, 0.5) is 14.9 Å². The fourth-order valence-electron chi connectivity index (χ4n) is 3.01. The largest absolute Gasteiger partial charge is 0.495 e. The summed E-state index contributed by atoms with van der Waals surface area (Å²) in [5, 5.41) is 2.89. The molecule has 0 aliphatic carbocycles. The second-order valence-electron chi connectivity index (χ2n) is 5.54. The predicted molar refractivity (Wildman–Crippen MR) is 87.1 cm³/mol. The van der Waals surface area contributed by atoms with Gasteiger partial charge in [0.1, 0.15) is 11.6 Å². The molecule has 1 saturated heterocycles. The van der Waals surface area contributed by atoms with Gasteiger partial charge in [-0.15, -0.1) is 0 Å². The normalized spacial score (nSPS) is 17.1. The number of halogens is 1. The van der Waals surface area contributed by atoms with Crippen LogP contribution >= 0.6 is 0 Å². The van der Waals surface area contributed by atoms with E-state index in [1.54, 1.807) is 30.2 Å². The Kier molecular flexibility index (Phi) is 4.46. The van der Waals surface area contributed by atoms with Crippen LogP contribution in [0.15, 0.2) is 48.5 Å². The number of hydrogen-bond donors (Lipinski definition) is 1. The lowest BCUT2D eigenvalue weighted by molar-refractivity contribution is 0.207. The summed E-state index contributed by atoms with van der Waals surface area (Å²) in [6.45, 7) is 0.655. The Bertz CT molecular complexity index is 705. The molecule has 4 nitrogen and oxygen atoms in total. The van der Waals surface area contributed by atoms with Crippen LogP contribution in [0.25, 0.3) is 0 Å². The first-order valence-electron chi connectivity index (χ1n) is 7.65. The highest BCUT2D eigenvalue weighted by atomic mass is 19.1. The molecule has 3 rings (SSSR count). The van der Waals surface area contributed by atoms with E-state index in [4.69, 9.17) is 4.74 Å². The van der Waals surface area contributed by atoms with Gasteiger partial charge >= 0.3 is 6.03 Å². The molecule has 0 unspecified atom stereocenters. The van der Waals surface area contributed by atoms with E-state index in [0.29, 0.717) is 18.0 Å². The van der Waals surface area contributed by atoms with E-state index in [0.717, 1.165) is 18.4 Å². The minimum absolute atomic E-state index is 0.0968. The van der Waals surface area contributed by atoms with Crippen molar-refractivity contribution in [3.8, 4) is 5.75 Å². The lowest BCUT2D eigenvalue weighted by Crippen LogP contribution is -2.34. The number of likely N-dealkylation sites (tertiary alicyclic amines) is 1. The first kappa shape index (κ1) is 15.3. The average Bonchev–Trinajstić information content (AvgIpc) is 3.05. The highest BCUT2D eigenvalue weighted by molar-refractivity contribution is 5.91.